The lowest BCUT2D eigenvalue weighted by molar-refractivity contribution is 0.0789. The Morgan fingerprint density at radius 2 is 2.14 bits per heavy atom. The number of rotatable bonds is 5. The van der Waals surface area contributed by atoms with Crippen LogP contribution in [-0.2, 0) is 9.84 Å². The number of amides is 1. The predicted octanol–water partition coefficient (Wildman–Crippen LogP) is 2.52. The van der Waals surface area contributed by atoms with E-state index in [0.29, 0.717) is 34.8 Å². The molecule has 0 bridgehead atoms. The first-order valence-electron chi connectivity index (χ1n) is 9.24. The van der Waals surface area contributed by atoms with Gasteiger partial charge in [0.05, 0.1) is 27.2 Å². The lowest BCUT2D eigenvalue weighted by Crippen LogP contribution is -2.32. The average Bonchev–Trinajstić information content (AvgIpc) is 3.37. The van der Waals surface area contributed by atoms with Gasteiger partial charge in [0.15, 0.2) is 15.5 Å². The quantitative estimate of drug-likeness (QED) is 0.662. The molecule has 8 nitrogen and oxygen atoms in total. The number of carbonyl (C=O) groups is 1. The topological polar surface area (TPSA) is 105 Å². The summed E-state index contributed by atoms with van der Waals surface area (Å²) in [6.07, 6.45) is 3.39. The molecule has 1 unspecified atom stereocenters. The maximum absolute atomic E-state index is 13.1. The number of sulfone groups is 1. The van der Waals surface area contributed by atoms with Gasteiger partial charge in [-0.25, -0.2) is 18.4 Å². The third kappa shape index (κ3) is 4.08. The number of pyridine rings is 1. The number of aromatic nitrogens is 3. The fourth-order valence-electron chi connectivity index (χ4n) is 3.38. The van der Waals surface area contributed by atoms with Crippen LogP contribution in [0.3, 0.4) is 0 Å². The van der Waals surface area contributed by atoms with E-state index >= 15 is 0 Å². The van der Waals surface area contributed by atoms with E-state index in [-0.39, 0.29) is 18.5 Å². The average molecular weight is 432 g/mol. The molecule has 4 rings (SSSR count). The summed E-state index contributed by atoms with van der Waals surface area (Å²) in [6, 6.07) is 7.36. The van der Waals surface area contributed by atoms with Crippen molar-refractivity contribution in [1.82, 2.24) is 19.9 Å². The van der Waals surface area contributed by atoms with Crippen LogP contribution in [0.4, 0.5) is 5.95 Å². The van der Waals surface area contributed by atoms with Crippen molar-refractivity contribution in [2.24, 2.45) is 0 Å². The van der Waals surface area contributed by atoms with Gasteiger partial charge in [0.1, 0.15) is 0 Å². The van der Waals surface area contributed by atoms with Crippen molar-refractivity contribution in [3.8, 4) is 0 Å². The number of carbonyl (C=O) groups excluding carboxylic acids is 1. The summed E-state index contributed by atoms with van der Waals surface area (Å²) in [5, 5.41) is 4.56. The van der Waals surface area contributed by atoms with Gasteiger partial charge in [0.2, 0.25) is 5.95 Å². The number of likely N-dealkylation sites (tertiary alicyclic amines) is 1. The number of fused-ring (bicyclic) bond motifs is 1. The van der Waals surface area contributed by atoms with Crippen molar-refractivity contribution in [3.63, 3.8) is 0 Å². The fraction of sp³-hybridized carbons (Fsp3) is 0.368. The van der Waals surface area contributed by atoms with Crippen LogP contribution in [0.2, 0.25) is 0 Å². The lowest BCUT2D eigenvalue weighted by atomic mass is 10.2. The molecule has 0 aromatic carbocycles. The molecule has 3 aromatic heterocycles. The highest BCUT2D eigenvalue weighted by Crippen LogP contribution is 2.27. The van der Waals surface area contributed by atoms with Crippen molar-refractivity contribution in [1.29, 1.82) is 0 Å². The van der Waals surface area contributed by atoms with Crippen molar-refractivity contribution in [2.45, 2.75) is 24.6 Å². The minimum absolute atomic E-state index is 0.142. The van der Waals surface area contributed by atoms with Crippen LogP contribution in [-0.4, -0.2) is 58.8 Å². The van der Waals surface area contributed by atoms with Gasteiger partial charge in [-0.2, -0.15) is 0 Å². The number of hydrogen-bond acceptors (Lipinski definition) is 8. The smallest absolute Gasteiger partial charge is 0.274 e. The number of nitrogens with one attached hydrogen (secondary N) is 1. The first-order valence-corrected chi connectivity index (χ1v) is 12.1. The van der Waals surface area contributed by atoms with Gasteiger partial charge >= 0.3 is 0 Å². The standard InChI is InChI=1S/C19H21N5O3S2/c1-12(14-5-3-4-8-20-14)21-19-22-15-7-10-28-17(15)16(23-19)18(25)24-9-6-13(11-24)29(2,26)27/h3-5,7-8,10,12-13H,6,9,11H2,1-2H3,(H,21,22,23)/t12-,13?/m0/s1. The Morgan fingerprint density at radius 1 is 1.31 bits per heavy atom. The Bertz CT molecular complexity index is 1150. The number of anilines is 1. The molecule has 0 radical (unpaired) electrons. The second-order valence-electron chi connectivity index (χ2n) is 7.14. The minimum atomic E-state index is -3.18. The minimum Gasteiger partial charge on any atom is -0.346 e. The van der Waals surface area contributed by atoms with Crippen LogP contribution >= 0.6 is 11.3 Å². The number of hydrogen-bond donors (Lipinski definition) is 1. The summed E-state index contributed by atoms with van der Waals surface area (Å²) in [5.74, 6) is 0.0794. The van der Waals surface area contributed by atoms with Gasteiger partial charge in [0.25, 0.3) is 5.91 Å². The van der Waals surface area contributed by atoms with Gasteiger partial charge < -0.3 is 10.2 Å². The van der Waals surface area contributed by atoms with Crippen LogP contribution in [0, 0.1) is 0 Å². The van der Waals surface area contributed by atoms with E-state index in [1.165, 1.54) is 17.6 Å². The van der Waals surface area contributed by atoms with E-state index in [9.17, 15) is 13.2 Å². The monoisotopic (exact) mass is 431 g/mol. The summed E-state index contributed by atoms with van der Waals surface area (Å²) >= 11 is 1.40. The van der Waals surface area contributed by atoms with Crippen LogP contribution in [0.15, 0.2) is 35.8 Å². The van der Waals surface area contributed by atoms with E-state index < -0.39 is 15.1 Å². The van der Waals surface area contributed by atoms with Crippen LogP contribution in [0.1, 0.15) is 35.6 Å². The molecule has 1 fully saturated rings. The molecule has 10 heteroatoms. The van der Waals surface area contributed by atoms with Gasteiger partial charge in [-0.05, 0) is 36.9 Å². The zero-order valence-corrected chi connectivity index (χ0v) is 17.7. The lowest BCUT2D eigenvalue weighted by Gasteiger charge is -2.18. The molecule has 152 valence electrons. The second-order valence-corrected chi connectivity index (χ2v) is 10.4. The molecule has 1 N–H and O–H groups in total. The Morgan fingerprint density at radius 3 is 2.83 bits per heavy atom. The molecular formula is C19H21N5O3S2. The highest BCUT2D eigenvalue weighted by atomic mass is 32.2. The zero-order valence-electron chi connectivity index (χ0n) is 16.1. The van der Waals surface area contributed by atoms with Gasteiger partial charge in [-0.15, -0.1) is 11.3 Å². The molecule has 1 saturated heterocycles. The van der Waals surface area contributed by atoms with E-state index in [2.05, 4.69) is 20.3 Å². The highest BCUT2D eigenvalue weighted by Gasteiger charge is 2.34. The van der Waals surface area contributed by atoms with Crippen molar-refractivity contribution in [2.75, 3.05) is 24.7 Å². The second kappa shape index (κ2) is 7.68. The maximum Gasteiger partial charge on any atom is 0.274 e. The first kappa shape index (κ1) is 19.7. The first-order chi connectivity index (χ1) is 13.8. The van der Waals surface area contributed by atoms with Gasteiger partial charge in [-0.3, -0.25) is 9.78 Å². The summed E-state index contributed by atoms with van der Waals surface area (Å²) in [5.41, 5.74) is 1.82. The van der Waals surface area contributed by atoms with E-state index in [1.54, 1.807) is 11.1 Å². The molecule has 1 amide bonds. The molecule has 0 spiro atoms. The van der Waals surface area contributed by atoms with Gasteiger partial charge in [-0.1, -0.05) is 6.07 Å². The Kier molecular flexibility index (Phi) is 5.22. The summed E-state index contributed by atoms with van der Waals surface area (Å²) in [6.45, 7) is 2.55. The zero-order chi connectivity index (χ0) is 20.6. The van der Waals surface area contributed by atoms with E-state index in [0.717, 1.165) is 5.69 Å². The third-order valence-electron chi connectivity index (χ3n) is 5.02. The van der Waals surface area contributed by atoms with Crippen LogP contribution in [0.5, 0.6) is 0 Å². The summed E-state index contributed by atoms with van der Waals surface area (Å²) in [7, 11) is -3.18. The molecule has 0 aliphatic carbocycles. The molecule has 0 saturated carbocycles. The van der Waals surface area contributed by atoms with E-state index in [4.69, 9.17) is 0 Å². The predicted molar refractivity (Wildman–Crippen MR) is 113 cm³/mol. The maximum atomic E-state index is 13.1. The molecule has 1 aliphatic heterocycles. The molecule has 29 heavy (non-hydrogen) atoms. The summed E-state index contributed by atoms with van der Waals surface area (Å²) in [4.78, 5) is 28.1. The number of thiophene rings is 1. The van der Waals surface area contributed by atoms with Crippen molar-refractivity contribution >= 4 is 43.2 Å². The third-order valence-corrected chi connectivity index (χ3v) is 7.53. The van der Waals surface area contributed by atoms with E-state index in [1.807, 2.05) is 36.6 Å². The Labute approximate surface area is 172 Å². The number of nitrogens with zero attached hydrogens (tertiary/aromatic N) is 4. The highest BCUT2D eigenvalue weighted by molar-refractivity contribution is 7.91. The molecule has 3 aromatic rings. The Balaban J connectivity index is 1.62. The van der Waals surface area contributed by atoms with Crippen molar-refractivity contribution in [3.05, 3.63) is 47.2 Å². The van der Waals surface area contributed by atoms with Crippen LogP contribution in [0.25, 0.3) is 10.2 Å². The summed E-state index contributed by atoms with van der Waals surface area (Å²) < 4.78 is 24.4. The largest absolute Gasteiger partial charge is 0.346 e. The molecule has 4 heterocycles. The van der Waals surface area contributed by atoms with Crippen molar-refractivity contribution < 1.29 is 13.2 Å². The van der Waals surface area contributed by atoms with Gasteiger partial charge in [0, 0.05) is 25.5 Å². The molecular weight excluding hydrogens is 410 g/mol. The van der Waals surface area contributed by atoms with Crippen LogP contribution < -0.4 is 5.32 Å². The SMILES string of the molecule is C[C@H](Nc1nc(C(=O)N2CCC(S(C)(=O)=O)C2)c2sccc2n1)c1ccccn1. The Hall–Kier alpha value is -2.59. The fourth-order valence-corrected chi connectivity index (χ4v) is 5.18. The molecule has 1 aliphatic rings. The normalized spacial score (nSPS) is 18.1. The molecule has 2 atom stereocenters.